The van der Waals surface area contributed by atoms with Crippen LogP contribution >= 0.6 is 0 Å². The molecule has 7 heteroatoms. The summed E-state index contributed by atoms with van der Waals surface area (Å²) < 4.78 is 25.7. The third kappa shape index (κ3) is 3.45. The zero-order valence-electron chi connectivity index (χ0n) is 11.1. The van der Waals surface area contributed by atoms with Crippen molar-refractivity contribution in [1.82, 2.24) is 4.31 Å². The molecule has 1 rings (SSSR count). The second-order valence-electron chi connectivity index (χ2n) is 4.74. The topological polar surface area (TPSA) is 101 Å². The van der Waals surface area contributed by atoms with Gasteiger partial charge in [-0.05, 0) is 24.1 Å². The molecule has 0 heterocycles. The van der Waals surface area contributed by atoms with E-state index in [0.29, 0.717) is 6.54 Å². The van der Waals surface area contributed by atoms with Gasteiger partial charge >= 0.3 is 5.97 Å². The summed E-state index contributed by atoms with van der Waals surface area (Å²) in [6.45, 7) is 4.17. The van der Waals surface area contributed by atoms with Crippen molar-refractivity contribution < 1.29 is 18.3 Å². The van der Waals surface area contributed by atoms with Crippen molar-refractivity contribution in [2.24, 2.45) is 5.92 Å². The number of carboxylic acid groups (broad SMARTS) is 1. The molecule has 0 fully saturated rings. The zero-order chi connectivity index (χ0) is 14.8. The smallest absolute Gasteiger partial charge is 0.335 e. The van der Waals surface area contributed by atoms with Crippen LogP contribution in [0.3, 0.4) is 0 Å². The fourth-order valence-electron chi connectivity index (χ4n) is 1.70. The number of carbonyl (C=O) groups is 1. The summed E-state index contributed by atoms with van der Waals surface area (Å²) in [6.07, 6.45) is 0. The van der Waals surface area contributed by atoms with Crippen molar-refractivity contribution in [3.63, 3.8) is 0 Å². The molecule has 106 valence electrons. The monoisotopic (exact) mass is 286 g/mol. The maximum absolute atomic E-state index is 12.3. The number of hydrogen-bond donors (Lipinski definition) is 2. The van der Waals surface area contributed by atoms with Crippen molar-refractivity contribution in [2.75, 3.05) is 19.3 Å². The van der Waals surface area contributed by atoms with Crippen molar-refractivity contribution >= 4 is 21.7 Å². The number of hydrogen-bond acceptors (Lipinski definition) is 4. The van der Waals surface area contributed by atoms with Crippen LogP contribution in [-0.2, 0) is 10.0 Å². The van der Waals surface area contributed by atoms with E-state index in [0.717, 1.165) is 6.07 Å². The molecule has 0 atom stereocenters. The summed E-state index contributed by atoms with van der Waals surface area (Å²) in [5.41, 5.74) is 5.55. The van der Waals surface area contributed by atoms with Crippen LogP contribution in [0.15, 0.2) is 23.1 Å². The fourth-order valence-corrected chi connectivity index (χ4v) is 3.12. The molecule has 3 N–H and O–H groups in total. The molecule has 1 aromatic carbocycles. The minimum atomic E-state index is -3.69. The summed E-state index contributed by atoms with van der Waals surface area (Å²) in [7, 11) is -2.22. The van der Waals surface area contributed by atoms with E-state index < -0.39 is 16.0 Å². The average molecular weight is 286 g/mol. The molecule has 6 nitrogen and oxygen atoms in total. The molecule has 0 aliphatic carbocycles. The van der Waals surface area contributed by atoms with Crippen molar-refractivity contribution in [1.29, 1.82) is 0 Å². The Kier molecular flexibility index (Phi) is 4.54. The van der Waals surface area contributed by atoms with E-state index in [2.05, 4.69) is 0 Å². The number of aromatic carboxylic acids is 1. The van der Waals surface area contributed by atoms with Gasteiger partial charge in [0.25, 0.3) is 0 Å². The predicted octanol–water partition coefficient (Wildman–Crippen LogP) is 1.24. The van der Waals surface area contributed by atoms with Crippen molar-refractivity contribution in [2.45, 2.75) is 18.7 Å². The van der Waals surface area contributed by atoms with Gasteiger partial charge in [0.1, 0.15) is 4.90 Å². The summed E-state index contributed by atoms with van der Waals surface area (Å²) in [4.78, 5) is 10.7. The standard InChI is InChI=1S/C12H18N2O4S/c1-8(2)7-14(3)19(17,18)11-5-4-9(12(15)16)6-10(11)13/h4-6,8H,7,13H2,1-3H3,(H,15,16). The Morgan fingerprint density at radius 3 is 2.42 bits per heavy atom. The van der Waals surface area contributed by atoms with Gasteiger partial charge in [-0.15, -0.1) is 0 Å². The van der Waals surface area contributed by atoms with Crippen LogP contribution in [-0.4, -0.2) is 37.4 Å². The average Bonchev–Trinajstić information content (AvgIpc) is 2.27. The first-order valence-electron chi connectivity index (χ1n) is 5.75. The van der Waals surface area contributed by atoms with Gasteiger partial charge in [0.05, 0.1) is 11.3 Å². The highest BCUT2D eigenvalue weighted by atomic mass is 32.2. The normalized spacial score (nSPS) is 12.1. The predicted molar refractivity (Wildman–Crippen MR) is 72.5 cm³/mol. The lowest BCUT2D eigenvalue weighted by atomic mass is 10.2. The van der Waals surface area contributed by atoms with Crippen LogP contribution in [0.5, 0.6) is 0 Å². The second kappa shape index (κ2) is 5.58. The number of sulfonamides is 1. The quantitative estimate of drug-likeness (QED) is 0.793. The van der Waals surface area contributed by atoms with E-state index in [1.807, 2.05) is 13.8 Å². The highest BCUT2D eigenvalue weighted by molar-refractivity contribution is 7.89. The van der Waals surface area contributed by atoms with Gasteiger partial charge in [-0.2, -0.15) is 0 Å². The Bertz CT molecular complexity index is 581. The summed E-state index contributed by atoms with van der Waals surface area (Å²) in [5.74, 6) is -0.967. The SMILES string of the molecule is CC(C)CN(C)S(=O)(=O)c1ccc(C(=O)O)cc1N. The second-order valence-corrected chi connectivity index (χ2v) is 6.75. The third-order valence-electron chi connectivity index (χ3n) is 2.57. The van der Waals surface area contributed by atoms with E-state index >= 15 is 0 Å². The molecular weight excluding hydrogens is 268 g/mol. The maximum atomic E-state index is 12.3. The zero-order valence-corrected chi connectivity index (χ0v) is 11.9. The Balaban J connectivity index is 3.19. The van der Waals surface area contributed by atoms with Crippen molar-refractivity contribution in [3.8, 4) is 0 Å². The number of nitrogen functional groups attached to an aromatic ring is 1. The lowest BCUT2D eigenvalue weighted by Gasteiger charge is -2.20. The van der Waals surface area contributed by atoms with Crippen LogP contribution in [0.4, 0.5) is 5.69 Å². The van der Waals surface area contributed by atoms with Gasteiger partial charge in [0, 0.05) is 13.6 Å². The number of carboxylic acids is 1. The Morgan fingerprint density at radius 2 is 2.00 bits per heavy atom. The number of rotatable bonds is 5. The molecule has 0 aromatic heterocycles. The molecule has 0 amide bonds. The largest absolute Gasteiger partial charge is 0.478 e. The summed E-state index contributed by atoms with van der Waals surface area (Å²) >= 11 is 0. The van der Waals surface area contributed by atoms with Gasteiger partial charge in [-0.3, -0.25) is 0 Å². The molecule has 0 radical (unpaired) electrons. The molecule has 0 saturated carbocycles. The minimum Gasteiger partial charge on any atom is -0.478 e. The van der Waals surface area contributed by atoms with Crippen LogP contribution in [0, 0.1) is 5.92 Å². The van der Waals surface area contributed by atoms with Gasteiger partial charge in [-0.25, -0.2) is 17.5 Å². The van der Waals surface area contributed by atoms with E-state index in [4.69, 9.17) is 10.8 Å². The van der Waals surface area contributed by atoms with Gasteiger partial charge in [0.2, 0.25) is 10.0 Å². The molecule has 0 aliphatic heterocycles. The lowest BCUT2D eigenvalue weighted by molar-refractivity contribution is 0.0697. The Labute approximate surface area is 112 Å². The van der Waals surface area contributed by atoms with E-state index in [-0.39, 0.29) is 22.1 Å². The molecule has 0 bridgehead atoms. The van der Waals surface area contributed by atoms with E-state index in [1.165, 1.54) is 23.5 Å². The van der Waals surface area contributed by atoms with Crippen LogP contribution in [0.1, 0.15) is 24.2 Å². The molecule has 0 spiro atoms. The fraction of sp³-hybridized carbons (Fsp3) is 0.417. The van der Waals surface area contributed by atoms with Crippen molar-refractivity contribution in [3.05, 3.63) is 23.8 Å². The first-order chi connectivity index (χ1) is 8.66. The van der Waals surface area contributed by atoms with E-state index in [9.17, 15) is 13.2 Å². The molecule has 19 heavy (non-hydrogen) atoms. The van der Waals surface area contributed by atoms with Gasteiger partial charge in [-0.1, -0.05) is 13.8 Å². The first kappa shape index (κ1) is 15.5. The lowest BCUT2D eigenvalue weighted by Crippen LogP contribution is -2.31. The molecule has 1 aromatic rings. The highest BCUT2D eigenvalue weighted by Gasteiger charge is 2.24. The third-order valence-corrected chi connectivity index (χ3v) is 4.46. The summed E-state index contributed by atoms with van der Waals surface area (Å²) in [6, 6.07) is 3.61. The first-order valence-corrected chi connectivity index (χ1v) is 7.19. The Morgan fingerprint density at radius 1 is 1.42 bits per heavy atom. The molecular formula is C12H18N2O4S. The van der Waals surface area contributed by atoms with Crippen LogP contribution in [0.25, 0.3) is 0 Å². The van der Waals surface area contributed by atoms with Crippen LogP contribution in [0.2, 0.25) is 0 Å². The van der Waals surface area contributed by atoms with Gasteiger partial charge < -0.3 is 10.8 Å². The number of nitrogens with zero attached hydrogens (tertiary/aromatic N) is 1. The van der Waals surface area contributed by atoms with Gasteiger partial charge in [0.15, 0.2) is 0 Å². The molecule has 0 saturated heterocycles. The number of nitrogens with two attached hydrogens (primary N) is 1. The van der Waals surface area contributed by atoms with Crippen LogP contribution < -0.4 is 5.73 Å². The highest BCUT2D eigenvalue weighted by Crippen LogP contribution is 2.23. The molecule has 0 aliphatic rings. The number of anilines is 1. The summed E-state index contributed by atoms with van der Waals surface area (Å²) in [5, 5.41) is 8.82. The minimum absolute atomic E-state index is 0.0389. The molecule has 0 unspecified atom stereocenters. The maximum Gasteiger partial charge on any atom is 0.335 e. The number of benzene rings is 1. The Hall–Kier alpha value is -1.60. The van der Waals surface area contributed by atoms with E-state index in [1.54, 1.807) is 0 Å².